The van der Waals surface area contributed by atoms with Crippen LogP contribution in [0.4, 0.5) is 5.69 Å². The van der Waals surface area contributed by atoms with Crippen molar-refractivity contribution in [2.45, 2.75) is 44.4 Å². The Morgan fingerprint density at radius 2 is 1.86 bits per heavy atom. The number of fused-ring (bicyclic) bond motifs is 1. The number of piperazine rings is 1. The lowest BCUT2D eigenvalue weighted by Crippen LogP contribution is -2.49. The van der Waals surface area contributed by atoms with Gasteiger partial charge in [0.1, 0.15) is 5.75 Å². The van der Waals surface area contributed by atoms with E-state index in [1.54, 1.807) is 29.8 Å². The van der Waals surface area contributed by atoms with Crippen molar-refractivity contribution in [1.82, 2.24) is 13.8 Å². The lowest BCUT2D eigenvalue weighted by molar-refractivity contribution is 0.151. The van der Waals surface area contributed by atoms with Crippen LogP contribution in [0.15, 0.2) is 39.1 Å². The fourth-order valence-corrected chi connectivity index (χ4v) is 6.28. The van der Waals surface area contributed by atoms with Gasteiger partial charge in [-0.2, -0.15) is 4.31 Å². The minimum Gasteiger partial charge on any atom is -0.493 e. The molecule has 0 spiro atoms. The van der Waals surface area contributed by atoms with E-state index in [4.69, 9.17) is 9.73 Å². The topological polar surface area (TPSA) is 104 Å². The van der Waals surface area contributed by atoms with Crippen LogP contribution in [0.25, 0.3) is 0 Å². The molecule has 0 atom stereocenters. The van der Waals surface area contributed by atoms with Gasteiger partial charge in [0.05, 0.1) is 29.5 Å². The predicted octanol–water partition coefficient (Wildman–Crippen LogP) is 2.10. The highest BCUT2D eigenvalue weighted by Crippen LogP contribution is 2.35. The number of aromatic nitrogens is 1. The molecule has 2 aromatic rings. The summed E-state index contributed by atoms with van der Waals surface area (Å²) in [6.07, 6.45) is 4.74. The Labute approximate surface area is 213 Å². The van der Waals surface area contributed by atoms with Crippen LogP contribution in [0.2, 0.25) is 0 Å². The summed E-state index contributed by atoms with van der Waals surface area (Å²) in [7, 11) is -1.97. The molecule has 0 aliphatic carbocycles. The monoisotopic (exact) mass is 516 g/mol. The number of pyridine rings is 1. The molecule has 2 aliphatic heterocycles. The van der Waals surface area contributed by atoms with Crippen LogP contribution in [-0.2, 0) is 29.9 Å². The average molecular weight is 517 g/mol. The van der Waals surface area contributed by atoms with E-state index in [9.17, 15) is 18.3 Å². The molecule has 0 bridgehead atoms. The van der Waals surface area contributed by atoms with Gasteiger partial charge in [-0.3, -0.25) is 14.7 Å². The number of aliphatic hydroxyl groups excluding tert-OH is 1. The van der Waals surface area contributed by atoms with Gasteiger partial charge in [0.2, 0.25) is 10.0 Å². The second kappa shape index (κ2) is 11.2. The van der Waals surface area contributed by atoms with E-state index < -0.39 is 10.0 Å². The van der Waals surface area contributed by atoms with Crippen molar-refractivity contribution < 1.29 is 18.3 Å². The van der Waals surface area contributed by atoms with Gasteiger partial charge in [-0.15, -0.1) is 0 Å². The van der Waals surface area contributed by atoms with Gasteiger partial charge < -0.3 is 14.4 Å². The van der Waals surface area contributed by atoms with E-state index in [1.165, 1.54) is 4.31 Å². The molecule has 0 amide bonds. The first kappa shape index (κ1) is 26.5. The molecule has 36 heavy (non-hydrogen) atoms. The van der Waals surface area contributed by atoms with Gasteiger partial charge in [0, 0.05) is 63.5 Å². The molecule has 4 rings (SSSR count). The highest BCUT2D eigenvalue weighted by Gasteiger charge is 2.31. The van der Waals surface area contributed by atoms with Crippen LogP contribution in [0.1, 0.15) is 43.4 Å². The summed E-state index contributed by atoms with van der Waals surface area (Å²) in [5.41, 5.74) is 3.57. The van der Waals surface area contributed by atoms with E-state index in [1.807, 2.05) is 13.1 Å². The maximum Gasteiger partial charge on any atom is 0.256 e. The number of ether oxygens (including phenoxy) is 1. The molecule has 196 valence electrons. The maximum atomic E-state index is 13.5. The third-order valence-electron chi connectivity index (χ3n) is 6.74. The third kappa shape index (κ3) is 5.27. The molecule has 0 radical (unpaired) electrons. The summed E-state index contributed by atoms with van der Waals surface area (Å²) in [5, 5.41) is 9.17. The van der Waals surface area contributed by atoms with E-state index in [2.05, 4.69) is 11.8 Å². The fraction of sp³-hybridized carbons (Fsp3) is 0.538. The number of aliphatic hydroxyl groups is 1. The molecule has 0 unspecified atom stereocenters. The fourth-order valence-electron chi connectivity index (χ4n) is 4.83. The number of β-amino-alcohol motifs (C(OH)–C–C–N with tert-alkyl or cyclic N) is 1. The molecule has 1 aromatic carbocycles. The lowest BCUT2D eigenvalue weighted by Gasteiger charge is -2.33. The number of aryl methyl sites for hydroxylation is 2. The third-order valence-corrected chi connectivity index (χ3v) is 8.63. The van der Waals surface area contributed by atoms with Gasteiger partial charge in [-0.25, -0.2) is 8.42 Å². The first-order valence-corrected chi connectivity index (χ1v) is 14.1. The summed E-state index contributed by atoms with van der Waals surface area (Å²) in [6, 6.07) is 4.94. The molecule has 1 N–H and O–H groups in total. The first-order valence-electron chi connectivity index (χ1n) is 12.7. The Morgan fingerprint density at radius 1 is 1.11 bits per heavy atom. The van der Waals surface area contributed by atoms with Gasteiger partial charge >= 0.3 is 0 Å². The smallest absolute Gasteiger partial charge is 0.256 e. The SMILES string of the molecule is CCCOc1ccc(S(=O)(=O)N2CCN(CCO)CC2)cc1C1=Nc2c(CCC)cn(C)c(=O)c2C1. The molecule has 1 fully saturated rings. The number of hydrogen-bond acceptors (Lipinski definition) is 7. The molecular formula is C26H36N4O5S. The van der Waals surface area contributed by atoms with E-state index in [0.717, 1.165) is 24.8 Å². The van der Waals surface area contributed by atoms with Crippen LogP contribution in [0.5, 0.6) is 5.75 Å². The van der Waals surface area contributed by atoms with E-state index in [0.29, 0.717) is 74.0 Å². The summed E-state index contributed by atoms with van der Waals surface area (Å²) in [5.74, 6) is 0.573. The number of benzene rings is 1. The van der Waals surface area contributed by atoms with E-state index in [-0.39, 0.29) is 17.1 Å². The van der Waals surface area contributed by atoms with Crippen LogP contribution in [0, 0.1) is 0 Å². The van der Waals surface area contributed by atoms with Gasteiger partial charge in [-0.05, 0) is 36.6 Å². The number of aliphatic imine (C=N–C) groups is 1. The molecule has 10 heteroatoms. The second-order valence-electron chi connectivity index (χ2n) is 9.36. The molecule has 2 aliphatic rings. The quantitative estimate of drug-likeness (QED) is 0.519. The van der Waals surface area contributed by atoms with Crippen LogP contribution in [0.3, 0.4) is 0 Å². The van der Waals surface area contributed by atoms with Crippen molar-refractivity contribution in [2.24, 2.45) is 12.0 Å². The molecule has 0 saturated carbocycles. The number of sulfonamides is 1. The molecule has 9 nitrogen and oxygen atoms in total. The minimum atomic E-state index is -3.72. The zero-order valence-corrected chi connectivity index (χ0v) is 22.2. The second-order valence-corrected chi connectivity index (χ2v) is 11.3. The summed E-state index contributed by atoms with van der Waals surface area (Å²) < 4.78 is 36.1. The van der Waals surface area contributed by atoms with Crippen LogP contribution < -0.4 is 10.3 Å². The summed E-state index contributed by atoms with van der Waals surface area (Å²) in [4.78, 5) is 20.0. The van der Waals surface area contributed by atoms with Crippen molar-refractivity contribution in [3.8, 4) is 5.75 Å². The Bertz CT molecular complexity index is 1290. The van der Waals surface area contributed by atoms with E-state index >= 15 is 0 Å². The zero-order valence-electron chi connectivity index (χ0n) is 21.4. The number of hydrogen-bond donors (Lipinski definition) is 1. The van der Waals surface area contributed by atoms with Crippen molar-refractivity contribution in [3.05, 3.63) is 51.4 Å². The van der Waals surface area contributed by atoms with Gasteiger partial charge in [0.15, 0.2) is 0 Å². The van der Waals surface area contributed by atoms with Gasteiger partial charge in [-0.1, -0.05) is 20.3 Å². The standard InChI is InChI=1S/C26H36N4O5S/c1-4-6-19-18-28(3)26(32)22-17-23(27-25(19)22)21-16-20(7-8-24(21)35-15-5-2)36(33,34)30-11-9-29(10-12-30)13-14-31/h7-8,16,18,31H,4-6,9-15,17H2,1-3H3. The summed E-state index contributed by atoms with van der Waals surface area (Å²) >= 11 is 0. The normalized spacial score (nSPS) is 16.7. The number of nitrogens with zero attached hydrogens (tertiary/aromatic N) is 4. The van der Waals surface area contributed by atoms with Crippen LogP contribution in [-0.4, -0.2) is 78.9 Å². The van der Waals surface area contributed by atoms with Gasteiger partial charge in [0.25, 0.3) is 5.56 Å². The summed E-state index contributed by atoms with van der Waals surface area (Å²) in [6.45, 7) is 7.10. The van der Waals surface area contributed by atoms with Crippen molar-refractivity contribution in [1.29, 1.82) is 0 Å². The Balaban J connectivity index is 1.71. The average Bonchev–Trinajstić information content (AvgIpc) is 3.32. The Hall–Kier alpha value is -2.53. The van der Waals surface area contributed by atoms with Crippen molar-refractivity contribution in [2.75, 3.05) is 45.9 Å². The Morgan fingerprint density at radius 3 is 2.53 bits per heavy atom. The zero-order chi connectivity index (χ0) is 25.9. The molecule has 1 saturated heterocycles. The van der Waals surface area contributed by atoms with Crippen molar-refractivity contribution in [3.63, 3.8) is 0 Å². The molecule has 3 heterocycles. The highest BCUT2D eigenvalue weighted by molar-refractivity contribution is 7.89. The first-order chi connectivity index (χ1) is 17.3. The minimum absolute atomic E-state index is 0.0584. The Kier molecular flexibility index (Phi) is 8.29. The molecular weight excluding hydrogens is 480 g/mol. The maximum absolute atomic E-state index is 13.5. The largest absolute Gasteiger partial charge is 0.493 e. The number of rotatable bonds is 10. The van der Waals surface area contributed by atoms with Crippen LogP contribution >= 0.6 is 0 Å². The van der Waals surface area contributed by atoms with Crippen molar-refractivity contribution >= 4 is 21.4 Å². The highest BCUT2D eigenvalue weighted by atomic mass is 32.2. The lowest BCUT2D eigenvalue weighted by atomic mass is 10.0. The molecule has 1 aromatic heterocycles. The predicted molar refractivity (Wildman–Crippen MR) is 140 cm³/mol.